The van der Waals surface area contributed by atoms with Crippen LogP contribution < -0.4 is 5.32 Å². The summed E-state index contributed by atoms with van der Waals surface area (Å²) in [4.78, 5) is 23.5. The molecule has 31 heavy (non-hydrogen) atoms. The number of hydrogen-bond acceptors (Lipinski definition) is 4. The van der Waals surface area contributed by atoms with Crippen molar-refractivity contribution in [3.05, 3.63) is 41.5 Å². The summed E-state index contributed by atoms with van der Waals surface area (Å²) in [6, 6.07) is 8.59. The highest BCUT2D eigenvalue weighted by Gasteiger charge is 2.40. The predicted molar refractivity (Wildman–Crippen MR) is 108 cm³/mol. The van der Waals surface area contributed by atoms with Gasteiger partial charge in [-0.3, -0.25) is 4.79 Å². The van der Waals surface area contributed by atoms with Crippen molar-refractivity contribution in [3.63, 3.8) is 0 Å². The molecule has 0 unspecified atom stereocenters. The summed E-state index contributed by atoms with van der Waals surface area (Å²) in [6.07, 6.45) is 3.05. The number of alkyl halides is 3. The van der Waals surface area contributed by atoms with Gasteiger partial charge in [0.2, 0.25) is 5.91 Å². The van der Waals surface area contributed by atoms with E-state index in [0.29, 0.717) is 12.8 Å². The summed E-state index contributed by atoms with van der Waals surface area (Å²) in [5, 5.41) is 21.0. The molecule has 0 radical (unpaired) electrons. The van der Waals surface area contributed by atoms with Crippen LogP contribution in [-0.4, -0.2) is 64.9 Å². The monoisotopic (exact) mass is 440 g/mol. The average molecular weight is 440 g/mol. The van der Waals surface area contributed by atoms with Crippen molar-refractivity contribution in [2.45, 2.75) is 49.3 Å². The molecule has 1 aliphatic carbocycles. The third-order valence-electron chi connectivity index (χ3n) is 6.34. The largest absolute Gasteiger partial charge is 0.490 e. The number of fused-ring (bicyclic) bond motifs is 2. The highest BCUT2D eigenvalue weighted by Crippen LogP contribution is 2.43. The number of aliphatic hydroxyl groups is 1. The van der Waals surface area contributed by atoms with Crippen molar-refractivity contribution in [2.24, 2.45) is 0 Å². The van der Waals surface area contributed by atoms with Crippen LogP contribution in [0.25, 0.3) is 6.08 Å². The number of rotatable bonds is 2. The molecule has 3 N–H and O–H groups in total. The van der Waals surface area contributed by atoms with Gasteiger partial charge in [0, 0.05) is 18.5 Å². The quantitative estimate of drug-likeness (QED) is 0.658. The number of likely N-dealkylation sites (tertiary alicyclic amines) is 1. The van der Waals surface area contributed by atoms with Gasteiger partial charge in [0.15, 0.2) is 0 Å². The Balaban J connectivity index is 0.000000339. The van der Waals surface area contributed by atoms with Gasteiger partial charge in [0.25, 0.3) is 0 Å². The number of aliphatic carboxylic acids is 1. The number of carbonyl (C=O) groups excluding carboxylic acids is 1. The number of hydrogen-bond donors (Lipinski definition) is 3. The second kappa shape index (κ2) is 9.00. The highest BCUT2D eigenvalue weighted by atomic mass is 19.4. The van der Waals surface area contributed by atoms with Crippen molar-refractivity contribution >= 4 is 18.0 Å². The van der Waals surface area contributed by atoms with E-state index in [1.165, 1.54) is 11.1 Å². The van der Waals surface area contributed by atoms with Crippen LogP contribution >= 0.6 is 0 Å². The first-order valence-corrected chi connectivity index (χ1v) is 10.3. The Morgan fingerprint density at radius 1 is 1.06 bits per heavy atom. The van der Waals surface area contributed by atoms with Gasteiger partial charge < -0.3 is 20.4 Å². The molecule has 2 aliphatic heterocycles. The van der Waals surface area contributed by atoms with Crippen molar-refractivity contribution in [3.8, 4) is 0 Å². The van der Waals surface area contributed by atoms with Crippen molar-refractivity contribution in [1.82, 2.24) is 10.2 Å². The smallest absolute Gasteiger partial charge is 0.475 e. The van der Waals surface area contributed by atoms with Gasteiger partial charge in [-0.2, -0.15) is 13.2 Å². The molecule has 0 saturated carbocycles. The number of carboxylic acid groups (broad SMARTS) is 1. The predicted octanol–water partition coefficient (Wildman–Crippen LogP) is 2.71. The van der Waals surface area contributed by atoms with E-state index in [1.807, 2.05) is 4.90 Å². The standard InChI is InChI=1S/C20H26N2O2.C2HF3O2/c23-18(15-20(24)7-11-21-12-8-20)22-13-9-19(10-14-22)6-5-16-3-1-2-4-17(16)19;3-2(4,5)1(6)7/h1-6,21,24H,7-15H2;(H,6,7). The molecule has 3 aliphatic rings. The second-order valence-corrected chi connectivity index (χ2v) is 8.41. The van der Waals surface area contributed by atoms with E-state index in [-0.39, 0.29) is 17.7 Å². The van der Waals surface area contributed by atoms with Crippen LogP contribution in [0.2, 0.25) is 0 Å². The van der Waals surface area contributed by atoms with Crippen molar-refractivity contribution < 1.29 is 33.0 Å². The molecule has 6 nitrogen and oxygen atoms in total. The maximum absolute atomic E-state index is 12.6. The lowest BCUT2D eigenvalue weighted by molar-refractivity contribution is -0.192. The molecular weight excluding hydrogens is 413 g/mol. The van der Waals surface area contributed by atoms with Crippen LogP contribution in [0.3, 0.4) is 0 Å². The van der Waals surface area contributed by atoms with Crippen molar-refractivity contribution in [2.75, 3.05) is 26.2 Å². The number of nitrogens with one attached hydrogen (secondary N) is 1. The number of carboxylic acids is 1. The topological polar surface area (TPSA) is 89.9 Å². The third kappa shape index (κ3) is 5.46. The summed E-state index contributed by atoms with van der Waals surface area (Å²) >= 11 is 0. The lowest BCUT2D eigenvalue weighted by Gasteiger charge is -2.41. The second-order valence-electron chi connectivity index (χ2n) is 8.41. The van der Waals surface area contributed by atoms with Crippen LogP contribution in [0.4, 0.5) is 13.2 Å². The maximum atomic E-state index is 12.6. The van der Waals surface area contributed by atoms with Gasteiger partial charge in [-0.15, -0.1) is 0 Å². The van der Waals surface area contributed by atoms with Gasteiger partial charge in [0.1, 0.15) is 0 Å². The molecule has 1 spiro atoms. The number of nitrogens with zero attached hydrogens (tertiary/aromatic N) is 1. The lowest BCUT2D eigenvalue weighted by atomic mass is 9.74. The van der Waals surface area contributed by atoms with E-state index in [4.69, 9.17) is 9.90 Å². The number of carbonyl (C=O) groups is 2. The fraction of sp³-hybridized carbons (Fsp3) is 0.545. The van der Waals surface area contributed by atoms with E-state index in [9.17, 15) is 23.1 Å². The van der Waals surface area contributed by atoms with Gasteiger partial charge in [0.05, 0.1) is 12.0 Å². The van der Waals surface area contributed by atoms with Crippen LogP contribution in [0.5, 0.6) is 0 Å². The first-order chi connectivity index (χ1) is 14.5. The molecule has 1 amide bonds. The fourth-order valence-electron chi connectivity index (χ4n) is 4.49. The van der Waals surface area contributed by atoms with Crippen LogP contribution in [-0.2, 0) is 15.0 Å². The molecule has 1 aromatic carbocycles. The third-order valence-corrected chi connectivity index (χ3v) is 6.34. The zero-order valence-electron chi connectivity index (χ0n) is 17.1. The number of amides is 1. The first-order valence-electron chi connectivity index (χ1n) is 10.3. The molecule has 2 fully saturated rings. The average Bonchev–Trinajstić information content (AvgIpc) is 3.07. The number of halogens is 3. The van der Waals surface area contributed by atoms with E-state index in [1.54, 1.807) is 0 Å². The minimum absolute atomic E-state index is 0.110. The number of benzene rings is 1. The fourth-order valence-corrected chi connectivity index (χ4v) is 4.49. The minimum Gasteiger partial charge on any atom is -0.475 e. The minimum atomic E-state index is -5.08. The highest BCUT2D eigenvalue weighted by molar-refractivity contribution is 5.77. The van der Waals surface area contributed by atoms with E-state index in [2.05, 4.69) is 41.7 Å². The maximum Gasteiger partial charge on any atom is 0.490 e. The summed E-state index contributed by atoms with van der Waals surface area (Å²) < 4.78 is 31.7. The van der Waals surface area contributed by atoms with Gasteiger partial charge in [-0.05, 0) is 49.9 Å². The Bertz CT molecular complexity index is 839. The molecule has 170 valence electrons. The Morgan fingerprint density at radius 2 is 1.65 bits per heavy atom. The molecule has 0 aromatic heterocycles. The molecule has 2 saturated heterocycles. The summed E-state index contributed by atoms with van der Waals surface area (Å²) in [6.45, 7) is 3.17. The van der Waals surface area contributed by atoms with Crippen LogP contribution in [0.15, 0.2) is 30.3 Å². The SMILES string of the molecule is O=C(CC1(O)CCNCC1)N1CCC2(C=Cc3ccccc32)CC1.O=C(O)C(F)(F)F. The molecular formula is C22H27F3N2O4. The van der Waals surface area contributed by atoms with Gasteiger partial charge in [-0.1, -0.05) is 36.4 Å². The van der Waals surface area contributed by atoms with E-state index in [0.717, 1.165) is 39.0 Å². The Labute approximate surface area is 178 Å². The number of allylic oxidation sites excluding steroid dienone is 1. The first kappa shape index (κ1) is 23.3. The van der Waals surface area contributed by atoms with Crippen LogP contribution in [0, 0.1) is 0 Å². The summed E-state index contributed by atoms with van der Waals surface area (Å²) in [5.74, 6) is -2.64. The van der Waals surface area contributed by atoms with E-state index < -0.39 is 17.7 Å². The molecule has 0 atom stereocenters. The zero-order valence-corrected chi connectivity index (χ0v) is 17.1. The molecule has 2 heterocycles. The lowest BCUT2D eigenvalue weighted by Crippen LogP contribution is -2.49. The van der Waals surface area contributed by atoms with Gasteiger partial charge in [-0.25, -0.2) is 4.79 Å². The van der Waals surface area contributed by atoms with Gasteiger partial charge >= 0.3 is 12.1 Å². The van der Waals surface area contributed by atoms with Crippen molar-refractivity contribution in [1.29, 1.82) is 0 Å². The zero-order chi connectivity index (χ0) is 22.7. The molecule has 1 aromatic rings. The Morgan fingerprint density at radius 3 is 2.23 bits per heavy atom. The normalized spacial score (nSPS) is 21.2. The molecule has 0 bridgehead atoms. The Kier molecular flexibility index (Phi) is 6.76. The summed E-state index contributed by atoms with van der Waals surface area (Å²) in [7, 11) is 0. The van der Waals surface area contributed by atoms with Crippen LogP contribution in [0.1, 0.15) is 43.2 Å². The summed E-state index contributed by atoms with van der Waals surface area (Å²) in [5.41, 5.74) is 2.03. The number of piperidine rings is 2. The molecule has 9 heteroatoms. The van der Waals surface area contributed by atoms with E-state index >= 15 is 0 Å². The molecule has 4 rings (SSSR count). The Hall–Kier alpha value is -2.39.